The Morgan fingerprint density at radius 2 is 1.58 bits per heavy atom. The van der Waals surface area contributed by atoms with Crippen molar-refractivity contribution in [1.82, 2.24) is 19.4 Å². The van der Waals surface area contributed by atoms with Gasteiger partial charge in [-0.25, -0.2) is 13.2 Å². The Kier molecular flexibility index (Phi) is 12.3. The molecule has 4 amide bonds. The van der Waals surface area contributed by atoms with E-state index in [1.807, 2.05) is 86.6 Å². The average Bonchev–Trinajstić information content (AvgIpc) is 3.36. The van der Waals surface area contributed by atoms with Crippen molar-refractivity contribution in [3.63, 3.8) is 0 Å². The average molecular weight is 748 g/mol. The van der Waals surface area contributed by atoms with Gasteiger partial charge >= 0.3 is 6.03 Å². The van der Waals surface area contributed by atoms with E-state index in [2.05, 4.69) is 5.32 Å². The number of sulfonamides is 1. The van der Waals surface area contributed by atoms with Crippen molar-refractivity contribution in [2.75, 3.05) is 25.4 Å². The van der Waals surface area contributed by atoms with Gasteiger partial charge in [-0.15, -0.1) is 0 Å². The summed E-state index contributed by atoms with van der Waals surface area (Å²) in [5.74, 6) is -1.49. The summed E-state index contributed by atoms with van der Waals surface area (Å²) in [5.41, 5.74) is 7.61. The molecule has 1 heterocycles. The number of hydrogen-bond acceptors (Lipinski definition) is 7. The van der Waals surface area contributed by atoms with Gasteiger partial charge in [0.15, 0.2) is 0 Å². The van der Waals surface area contributed by atoms with E-state index in [1.54, 1.807) is 13.8 Å². The van der Waals surface area contributed by atoms with Crippen LogP contribution in [0.4, 0.5) is 10.5 Å². The molecule has 1 fully saturated rings. The molecule has 0 bridgehead atoms. The number of aliphatic hydroxyl groups is 1. The number of halogens is 1. The van der Waals surface area contributed by atoms with Crippen molar-refractivity contribution in [3.8, 4) is 0 Å². The van der Waals surface area contributed by atoms with E-state index in [4.69, 9.17) is 17.3 Å². The molecule has 13 heteroatoms. The monoisotopic (exact) mass is 747 g/mol. The van der Waals surface area contributed by atoms with Crippen molar-refractivity contribution >= 4 is 55.9 Å². The van der Waals surface area contributed by atoms with Crippen LogP contribution in [0.15, 0.2) is 95.9 Å². The summed E-state index contributed by atoms with van der Waals surface area (Å²) < 4.78 is 28.9. The molecule has 4 aromatic rings. The van der Waals surface area contributed by atoms with E-state index in [-0.39, 0.29) is 54.1 Å². The zero-order chi connectivity index (χ0) is 37.7. The largest absolute Gasteiger partial charge is 0.397 e. The molecule has 0 radical (unpaired) electrons. The molecule has 4 N–H and O–H groups in total. The maximum atomic E-state index is 14.2. The normalized spacial score (nSPS) is 15.6. The van der Waals surface area contributed by atoms with Crippen LogP contribution in [0.1, 0.15) is 38.8 Å². The molecule has 3 atom stereocenters. The van der Waals surface area contributed by atoms with E-state index in [0.717, 1.165) is 26.8 Å². The molecule has 5 rings (SSSR count). The second-order valence-electron chi connectivity index (χ2n) is 14.0. The Bertz CT molecular complexity index is 2030. The van der Waals surface area contributed by atoms with Gasteiger partial charge in [0.05, 0.1) is 34.3 Å². The number of urea groups is 1. The minimum atomic E-state index is -4.14. The lowest BCUT2D eigenvalue weighted by molar-refractivity contribution is -0.129. The lowest BCUT2D eigenvalue weighted by atomic mass is 9.97. The van der Waals surface area contributed by atoms with Crippen molar-refractivity contribution in [1.29, 1.82) is 0 Å². The van der Waals surface area contributed by atoms with E-state index >= 15 is 0 Å². The van der Waals surface area contributed by atoms with Crippen molar-refractivity contribution < 1.29 is 27.9 Å². The van der Waals surface area contributed by atoms with Gasteiger partial charge in [-0.05, 0) is 64.4 Å². The summed E-state index contributed by atoms with van der Waals surface area (Å²) in [4.78, 5) is 43.6. The number of imide groups is 1. The number of anilines is 1. The SMILES string of the molecule is CC(C)CN(C[C@H](O)[C@H](Cc1ccccc1)NC(=O)[C@H](C(C)C)N1CC(=O)N(Cc2ccc3ccccc3c2)C1=O)S(=O)(=O)c1ccc(Cl)c(N)c1. The highest BCUT2D eigenvalue weighted by molar-refractivity contribution is 7.89. The number of nitrogen functional groups attached to an aromatic ring is 1. The van der Waals surface area contributed by atoms with Crippen LogP contribution in [0.25, 0.3) is 10.8 Å². The number of aliphatic hydroxyl groups excluding tert-OH is 1. The first-order valence-corrected chi connectivity index (χ1v) is 19.1. The molecule has 0 spiro atoms. The smallest absolute Gasteiger partial charge is 0.328 e. The first-order chi connectivity index (χ1) is 24.6. The van der Waals surface area contributed by atoms with Gasteiger partial charge in [-0.3, -0.25) is 14.5 Å². The zero-order valence-corrected chi connectivity index (χ0v) is 31.3. The number of amides is 4. The van der Waals surface area contributed by atoms with Gasteiger partial charge in [0.2, 0.25) is 15.9 Å². The summed E-state index contributed by atoms with van der Waals surface area (Å²) in [6.07, 6.45) is -1.20. The van der Waals surface area contributed by atoms with Gasteiger partial charge in [0.25, 0.3) is 5.91 Å². The van der Waals surface area contributed by atoms with Gasteiger partial charge in [-0.1, -0.05) is 106 Å². The van der Waals surface area contributed by atoms with Crippen molar-refractivity contribution in [3.05, 3.63) is 107 Å². The quantitative estimate of drug-likeness (QED) is 0.110. The number of nitrogens with zero attached hydrogens (tertiary/aromatic N) is 3. The maximum absolute atomic E-state index is 14.2. The maximum Gasteiger partial charge on any atom is 0.328 e. The summed E-state index contributed by atoms with van der Waals surface area (Å²) in [5, 5.41) is 16.9. The fourth-order valence-corrected chi connectivity index (χ4v) is 8.30. The number of carbonyl (C=O) groups is 3. The summed E-state index contributed by atoms with van der Waals surface area (Å²) >= 11 is 6.06. The number of carbonyl (C=O) groups excluding carboxylic acids is 3. The van der Waals surface area contributed by atoms with E-state index < -0.39 is 52.0 Å². The van der Waals surface area contributed by atoms with Crippen molar-refractivity contribution in [2.45, 2.75) is 63.7 Å². The van der Waals surface area contributed by atoms with Gasteiger partial charge in [0.1, 0.15) is 12.6 Å². The Morgan fingerprint density at radius 1 is 0.904 bits per heavy atom. The van der Waals surface area contributed by atoms with Gasteiger partial charge in [-0.2, -0.15) is 4.31 Å². The Hall–Kier alpha value is -4.49. The second kappa shape index (κ2) is 16.5. The fourth-order valence-electron chi connectivity index (χ4n) is 6.52. The fraction of sp³-hybridized carbons (Fsp3) is 0.359. The molecule has 52 heavy (non-hydrogen) atoms. The number of nitrogens with one attached hydrogen (secondary N) is 1. The number of rotatable bonds is 15. The summed E-state index contributed by atoms with van der Waals surface area (Å²) in [7, 11) is -4.14. The Balaban J connectivity index is 1.38. The molecule has 0 unspecified atom stereocenters. The highest BCUT2D eigenvalue weighted by Gasteiger charge is 2.44. The molecular weight excluding hydrogens is 702 g/mol. The van der Waals surface area contributed by atoms with Gasteiger partial charge in [0, 0.05) is 13.1 Å². The molecule has 0 aromatic heterocycles. The predicted molar refractivity (Wildman–Crippen MR) is 203 cm³/mol. The molecule has 276 valence electrons. The van der Waals surface area contributed by atoms with Gasteiger partial charge < -0.3 is 21.1 Å². The number of hydrogen-bond donors (Lipinski definition) is 3. The zero-order valence-electron chi connectivity index (χ0n) is 29.8. The summed E-state index contributed by atoms with van der Waals surface area (Å²) in [6, 6.07) is 24.2. The molecule has 1 aliphatic rings. The van der Waals surface area contributed by atoms with E-state index in [1.165, 1.54) is 27.4 Å². The third kappa shape index (κ3) is 8.92. The molecule has 1 aliphatic heterocycles. The first-order valence-electron chi connectivity index (χ1n) is 17.3. The number of fused-ring (bicyclic) bond motifs is 1. The lowest BCUT2D eigenvalue weighted by Crippen LogP contribution is -2.57. The van der Waals surface area contributed by atoms with Crippen LogP contribution >= 0.6 is 11.6 Å². The molecule has 0 saturated carbocycles. The molecule has 11 nitrogen and oxygen atoms in total. The number of benzene rings is 4. The minimum Gasteiger partial charge on any atom is -0.397 e. The first kappa shape index (κ1) is 38.7. The van der Waals surface area contributed by atoms with Crippen LogP contribution < -0.4 is 11.1 Å². The van der Waals surface area contributed by atoms with E-state index in [9.17, 15) is 27.9 Å². The predicted octanol–water partition coefficient (Wildman–Crippen LogP) is 5.30. The molecular formula is C39H46ClN5O6S. The third-order valence-corrected chi connectivity index (χ3v) is 11.3. The molecule has 0 aliphatic carbocycles. The topological polar surface area (TPSA) is 153 Å². The minimum absolute atomic E-state index is 0.0558. The van der Waals surface area contributed by atoms with Crippen LogP contribution in [0, 0.1) is 11.8 Å². The van der Waals surface area contributed by atoms with Crippen LogP contribution in [-0.4, -0.2) is 83.3 Å². The van der Waals surface area contributed by atoms with Crippen LogP contribution in [0.5, 0.6) is 0 Å². The van der Waals surface area contributed by atoms with Crippen LogP contribution in [-0.2, 0) is 32.6 Å². The molecule has 4 aromatic carbocycles. The second-order valence-corrected chi connectivity index (χ2v) is 16.4. The molecule has 1 saturated heterocycles. The van der Waals surface area contributed by atoms with E-state index in [0.29, 0.717) is 0 Å². The standard InChI is InChI=1S/C39H46ClN5O6S/c1-25(2)21-43(52(50,51)31-16-17-32(40)33(41)20-31)23-35(46)34(19-27-10-6-5-7-11-27)42-38(48)37(26(3)4)45-24-36(47)44(39(45)49)22-28-14-15-29-12-8-9-13-30(29)18-28/h5-18,20,25-26,34-35,37,46H,19,21-24,41H2,1-4H3,(H,42,48)/t34-,35-,37-/m0/s1. The third-order valence-electron chi connectivity index (χ3n) is 9.13. The lowest BCUT2D eigenvalue weighted by Gasteiger charge is -2.34. The van der Waals surface area contributed by atoms with Crippen molar-refractivity contribution in [2.24, 2.45) is 11.8 Å². The highest BCUT2D eigenvalue weighted by Crippen LogP contribution is 2.27. The van der Waals surface area contributed by atoms with Crippen LogP contribution in [0.3, 0.4) is 0 Å². The number of nitrogens with two attached hydrogens (primary N) is 1. The summed E-state index contributed by atoms with van der Waals surface area (Å²) in [6.45, 7) is 6.81. The van der Waals surface area contributed by atoms with Crippen LogP contribution in [0.2, 0.25) is 5.02 Å². The Morgan fingerprint density at radius 3 is 2.23 bits per heavy atom. The highest BCUT2D eigenvalue weighted by atomic mass is 35.5. The Labute approximate surface area is 310 Å².